The van der Waals surface area contributed by atoms with Crippen molar-refractivity contribution < 1.29 is 4.74 Å². The summed E-state index contributed by atoms with van der Waals surface area (Å²) in [5.74, 6) is 1.03. The fourth-order valence-corrected chi connectivity index (χ4v) is 0.857. The molecule has 0 unspecified atom stereocenters. The average molecular weight is 168 g/mol. The van der Waals surface area contributed by atoms with Gasteiger partial charge in [0.25, 0.3) is 0 Å². The van der Waals surface area contributed by atoms with Gasteiger partial charge in [-0.05, 0) is 39.7 Å². The topological polar surface area (TPSA) is 9.23 Å². The number of allylic oxidation sites excluding steroid dienone is 4. The molecule has 0 bridgehead atoms. The van der Waals surface area contributed by atoms with Crippen molar-refractivity contribution in [1.82, 2.24) is 0 Å². The van der Waals surface area contributed by atoms with Crippen molar-refractivity contribution >= 4 is 0 Å². The monoisotopic (exact) mass is 168 g/mol. The summed E-state index contributed by atoms with van der Waals surface area (Å²) < 4.78 is 5.29. The molecule has 0 aliphatic rings. The molecule has 0 aliphatic carbocycles. The van der Waals surface area contributed by atoms with E-state index in [0.29, 0.717) is 0 Å². The summed E-state index contributed by atoms with van der Waals surface area (Å²) in [5.41, 5.74) is 1.44. The molecule has 0 fully saturated rings. The van der Waals surface area contributed by atoms with Gasteiger partial charge in [-0.15, -0.1) is 0 Å². The van der Waals surface area contributed by atoms with Crippen LogP contribution >= 0.6 is 0 Å². The fourth-order valence-electron chi connectivity index (χ4n) is 0.857. The molecule has 0 spiro atoms. The molecule has 0 atom stereocenters. The Hall–Kier alpha value is -0.720. The van der Waals surface area contributed by atoms with Gasteiger partial charge in [0.15, 0.2) is 0 Å². The Balaban J connectivity index is 3.72. The number of hydrogen-bond acceptors (Lipinski definition) is 1. The van der Waals surface area contributed by atoms with Crippen LogP contribution < -0.4 is 0 Å². The molecule has 0 amide bonds. The Bertz CT molecular complexity index is 166. The number of hydrogen-bond donors (Lipinski definition) is 0. The SMILES string of the molecule is CCO/C(C)=C\C/C=C(\C)CC. The summed E-state index contributed by atoms with van der Waals surface area (Å²) in [7, 11) is 0. The van der Waals surface area contributed by atoms with E-state index >= 15 is 0 Å². The quantitative estimate of drug-likeness (QED) is 0.449. The summed E-state index contributed by atoms with van der Waals surface area (Å²) in [6, 6.07) is 0. The van der Waals surface area contributed by atoms with Crippen molar-refractivity contribution in [3.8, 4) is 0 Å². The molecule has 0 rings (SSSR count). The van der Waals surface area contributed by atoms with Gasteiger partial charge in [-0.3, -0.25) is 0 Å². The Morgan fingerprint density at radius 1 is 1.17 bits per heavy atom. The first-order chi connectivity index (χ1) is 5.70. The molecular weight excluding hydrogens is 148 g/mol. The van der Waals surface area contributed by atoms with Gasteiger partial charge in [-0.25, -0.2) is 0 Å². The molecule has 70 valence electrons. The Morgan fingerprint density at radius 3 is 2.33 bits per heavy atom. The van der Waals surface area contributed by atoms with Gasteiger partial charge in [0.05, 0.1) is 12.4 Å². The molecule has 0 aromatic heterocycles. The second kappa shape index (κ2) is 6.96. The van der Waals surface area contributed by atoms with E-state index < -0.39 is 0 Å². The Labute approximate surface area is 76.1 Å². The van der Waals surface area contributed by atoms with E-state index in [1.807, 2.05) is 13.8 Å². The van der Waals surface area contributed by atoms with Gasteiger partial charge in [-0.1, -0.05) is 18.6 Å². The van der Waals surface area contributed by atoms with Gasteiger partial charge < -0.3 is 4.74 Å². The maximum atomic E-state index is 5.29. The van der Waals surface area contributed by atoms with Crippen LogP contribution in [0.15, 0.2) is 23.5 Å². The molecule has 0 heterocycles. The van der Waals surface area contributed by atoms with Crippen molar-refractivity contribution in [2.45, 2.75) is 40.5 Å². The molecule has 1 heteroatoms. The second-order valence-electron chi connectivity index (χ2n) is 2.89. The average Bonchev–Trinajstić information content (AvgIpc) is 2.04. The van der Waals surface area contributed by atoms with Crippen LogP contribution in [0.2, 0.25) is 0 Å². The third-order valence-corrected chi connectivity index (χ3v) is 1.80. The van der Waals surface area contributed by atoms with Gasteiger partial charge >= 0.3 is 0 Å². The summed E-state index contributed by atoms with van der Waals surface area (Å²) in [4.78, 5) is 0. The zero-order valence-electron chi connectivity index (χ0n) is 8.68. The summed E-state index contributed by atoms with van der Waals surface area (Å²) in [5, 5.41) is 0. The van der Waals surface area contributed by atoms with Crippen LogP contribution in [0.25, 0.3) is 0 Å². The molecule has 1 nitrogen and oxygen atoms in total. The van der Waals surface area contributed by atoms with Crippen LogP contribution in [0.4, 0.5) is 0 Å². The lowest BCUT2D eigenvalue weighted by Crippen LogP contribution is -1.85. The Kier molecular flexibility index (Phi) is 6.54. The van der Waals surface area contributed by atoms with E-state index in [9.17, 15) is 0 Å². The maximum Gasteiger partial charge on any atom is 0.0892 e. The summed E-state index contributed by atoms with van der Waals surface area (Å²) in [6.07, 6.45) is 6.48. The molecular formula is C11H20O. The molecule has 12 heavy (non-hydrogen) atoms. The highest BCUT2D eigenvalue weighted by Crippen LogP contribution is 2.03. The minimum Gasteiger partial charge on any atom is -0.499 e. The van der Waals surface area contributed by atoms with Crippen LogP contribution in [-0.2, 0) is 4.74 Å². The number of rotatable bonds is 5. The zero-order valence-corrected chi connectivity index (χ0v) is 8.68. The lowest BCUT2D eigenvalue weighted by molar-refractivity contribution is 0.230. The van der Waals surface area contributed by atoms with Crippen molar-refractivity contribution in [2.24, 2.45) is 0 Å². The van der Waals surface area contributed by atoms with Gasteiger partial charge in [0, 0.05) is 0 Å². The molecule has 0 aromatic carbocycles. The third kappa shape index (κ3) is 6.02. The first-order valence-electron chi connectivity index (χ1n) is 4.65. The first-order valence-corrected chi connectivity index (χ1v) is 4.65. The Morgan fingerprint density at radius 2 is 1.83 bits per heavy atom. The van der Waals surface area contributed by atoms with E-state index in [1.165, 1.54) is 5.57 Å². The van der Waals surface area contributed by atoms with Crippen LogP contribution in [0.5, 0.6) is 0 Å². The lowest BCUT2D eigenvalue weighted by atomic mass is 10.2. The first kappa shape index (κ1) is 11.3. The van der Waals surface area contributed by atoms with Gasteiger partial charge in [-0.2, -0.15) is 0 Å². The van der Waals surface area contributed by atoms with Gasteiger partial charge in [0.1, 0.15) is 0 Å². The third-order valence-electron chi connectivity index (χ3n) is 1.80. The van der Waals surface area contributed by atoms with E-state index in [2.05, 4.69) is 26.0 Å². The van der Waals surface area contributed by atoms with Crippen LogP contribution in [0, 0.1) is 0 Å². The van der Waals surface area contributed by atoms with Crippen LogP contribution in [0.3, 0.4) is 0 Å². The molecule has 0 aromatic rings. The normalized spacial score (nSPS) is 13.3. The van der Waals surface area contributed by atoms with Crippen LogP contribution in [-0.4, -0.2) is 6.61 Å². The molecule has 0 N–H and O–H groups in total. The van der Waals surface area contributed by atoms with E-state index in [0.717, 1.165) is 25.2 Å². The molecule has 0 radical (unpaired) electrons. The predicted octanol–water partition coefficient (Wildman–Crippen LogP) is 3.67. The summed E-state index contributed by atoms with van der Waals surface area (Å²) >= 11 is 0. The van der Waals surface area contributed by atoms with Crippen LogP contribution in [0.1, 0.15) is 40.5 Å². The van der Waals surface area contributed by atoms with Crippen molar-refractivity contribution in [3.05, 3.63) is 23.5 Å². The largest absolute Gasteiger partial charge is 0.499 e. The second-order valence-corrected chi connectivity index (χ2v) is 2.89. The minimum absolute atomic E-state index is 0.763. The lowest BCUT2D eigenvalue weighted by Gasteiger charge is -2.00. The smallest absolute Gasteiger partial charge is 0.0892 e. The molecule has 0 saturated heterocycles. The standard InChI is InChI=1S/C11H20O/c1-5-10(3)8-7-9-11(4)12-6-2/h8-9H,5-7H2,1-4H3/b10-8+,11-9-. The van der Waals surface area contributed by atoms with E-state index in [-0.39, 0.29) is 0 Å². The number of ether oxygens (including phenoxy) is 1. The van der Waals surface area contributed by atoms with Gasteiger partial charge in [0.2, 0.25) is 0 Å². The van der Waals surface area contributed by atoms with Crippen molar-refractivity contribution in [3.63, 3.8) is 0 Å². The zero-order chi connectivity index (χ0) is 9.40. The summed E-state index contributed by atoms with van der Waals surface area (Å²) in [6.45, 7) is 9.09. The minimum atomic E-state index is 0.763. The fraction of sp³-hybridized carbons (Fsp3) is 0.636. The van der Waals surface area contributed by atoms with E-state index in [1.54, 1.807) is 0 Å². The molecule has 0 saturated carbocycles. The predicted molar refractivity (Wildman–Crippen MR) is 54.0 cm³/mol. The van der Waals surface area contributed by atoms with Crippen molar-refractivity contribution in [2.75, 3.05) is 6.61 Å². The van der Waals surface area contributed by atoms with Crippen molar-refractivity contribution in [1.29, 1.82) is 0 Å². The maximum absolute atomic E-state index is 5.29. The highest BCUT2D eigenvalue weighted by Gasteiger charge is 1.85. The molecule has 0 aliphatic heterocycles. The van der Waals surface area contributed by atoms with E-state index in [4.69, 9.17) is 4.74 Å². The highest BCUT2D eigenvalue weighted by atomic mass is 16.5. The highest BCUT2D eigenvalue weighted by molar-refractivity contribution is 5.02.